The SMILES string of the molecule is CCOCCCNC(=O)C(c1ccccc1)N(Cc1ccc(OC)cc1)C(=O)CN(Cc1ccccc1)S(C)(=O)=O. The van der Waals surface area contributed by atoms with Crippen molar-refractivity contribution in [3.8, 4) is 5.75 Å². The molecule has 0 aliphatic heterocycles. The fourth-order valence-electron chi connectivity index (χ4n) is 4.31. The van der Waals surface area contributed by atoms with Crippen LogP contribution in [0.25, 0.3) is 0 Å². The Morgan fingerprint density at radius 2 is 1.49 bits per heavy atom. The molecule has 0 aliphatic rings. The number of nitrogens with one attached hydrogen (secondary N) is 1. The van der Waals surface area contributed by atoms with Crippen LogP contribution in [0.3, 0.4) is 0 Å². The number of sulfonamides is 1. The summed E-state index contributed by atoms with van der Waals surface area (Å²) in [5.41, 5.74) is 2.13. The van der Waals surface area contributed by atoms with E-state index in [0.717, 1.165) is 21.7 Å². The molecule has 0 saturated carbocycles. The topological polar surface area (TPSA) is 105 Å². The molecule has 1 N–H and O–H groups in total. The highest BCUT2D eigenvalue weighted by Crippen LogP contribution is 2.25. The van der Waals surface area contributed by atoms with Crippen LogP contribution in [0.1, 0.15) is 36.1 Å². The molecule has 1 unspecified atom stereocenters. The third-order valence-electron chi connectivity index (χ3n) is 6.46. The molecule has 3 aromatic carbocycles. The zero-order valence-corrected chi connectivity index (χ0v) is 24.7. The molecule has 3 aromatic rings. The molecule has 0 spiro atoms. The molecule has 10 heteroatoms. The number of benzene rings is 3. The lowest BCUT2D eigenvalue weighted by Crippen LogP contribution is -2.48. The average molecular weight is 582 g/mol. The highest BCUT2D eigenvalue weighted by atomic mass is 32.2. The van der Waals surface area contributed by atoms with Gasteiger partial charge in [-0.15, -0.1) is 0 Å². The second kappa shape index (κ2) is 15.9. The van der Waals surface area contributed by atoms with E-state index in [4.69, 9.17) is 9.47 Å². The first-order chi connectivity index (χ1) is 19.7. The number of hydrogen-bond acceptors (Lipinski definition) is 6. The van der Waals surface area contributed by atoms with Crippen molar-refractivity contribution in [2.24, 2.45) is 0 Å². The van der Waals surface area contributed by atoms with Crippen LogP contribution in [-0.2, 0) is 37.4 Å². The molecule has 220 valence electrons. The molecular weight excluding hydrogens is 542 g/mol. The van der Waals surface area contributed by atoms with Gasteiger partial charge in [-0.05, 0) is 42.2 Å². The minimum atomic E-state index is -3.75. The van der Waals surface area contributed by atoms with Gasteiger partial charge in [0.15, 0.2) is 0 Å². The maximum atomic E-state index is 14.0. The van der Waals surface area contributed by atoms with Gasteiger partial charge in [-0.25, -0.2) is 8.42 Å². The number of rotatable bonds is 16. The molecule has 0 fully saturated rings. The number of hydrogen-bond donors (Lipinski definition) is 1. The van der Waals surface area contributed by atoms with Gasteiger partial charge >= 0.3 is 0 Å². The van der Waals surface area contributed by atoms with Gasteiger partial charge in [-0.3, -0.25) is 9.59 Å². The molecule has 41 heavy (non-hydrogen) atoms. The van der Waals surface area contributed by atoms with Crippen molar-refractivity contribution in [3.05, 3.63) is 102 Å². The maximum absolute atomic E-state index is 14.0. The van der Waals surface area contributed by atoms with Gasteiger partial charge in [0.05, 0.1) is 19.9 Å². The summed E-state index contributed by atoms with van der Waals surface area (Å²) in [4.78, 5) is 29.2. The Hall–Kier alpha value is -3.73. The lowest BCUT2D eigenvalue weighted by Gasteiger charge is -2.33. The maximum Gasteiger partial charge on any atom is 0.247 e. The zero-order valence-electron chi connectivity index (χ0n) is 23.9. The second-order valence-electron chi connectivity index (χ2n) is 9.54. The summed E-state index contributed by atoms with van der Waals surface area (Å²) in [6, 6.07) is 24.3. The Balaban J connectivity index is 1.97. The third-order valence-corrected chi connectivity index (χ3v) is 7.66. The molecule has 0 saturated heterocycles. The summed E-state index contributed by atoms with van der Waals surface area (Å²) in [5.74, 6) is -0.201. The van der Waals surface area contributed by atoms with Crippen molar-refractivity contribution in [1.82, 2.24) is 14.5 Å². The van der Waals surface area contributed by atoms with Gasteiger partial charge < -0.3 is 19.7 Å². The van der Waals surface area contributed by atoms with Crippen LogP contribution in [0.4, 0.5) is 0 Å². The number of carbonyl (C=O) groups is 2. The quantitative estimate of drug-likeness (QED) is 0.258. The van der Waals surface area contributed by atoms with E-state index in [9.17, 15) is 18.0 Å². The molecule has 0 radical (unpaired) electrons. The zero-order chi connectivity index (χ0) is 29.7. The predicted octanol–water partition coefficient (Wildman–Crippen LogP) is 3.77. The van der Waals surface area contributed by atoms with Crippen molar-refractivity contribution in [2.75, 3.05) is 39.7 Å². The van der Waals surface area contributed by atoms with Crippen molar-refractivity contribution >= 4 is 21.8 Å². The monoisotopic (exact) mass is 581 g/mol. The van der Waals surface area contributed by atoms with E-state index in [0.29, 0.717) is 37.5 Å². The Bertz CT molecular complexity index is 1340. The second-order valence-corrected chi connectivity index (χ2v) is 11.5. The predicted molar refractivity (Wildman–Crippen MR) is 159 cm³/mol. The third kappa shape index (κ3) is 10.00. The van der Waals surface area contributed by atoms with E-state index < -0.39 is 28.5 Å². The van der Waals surface area contributed by atoms with Crippen LogP contribution in [0.2, 0.25) is 0 Å². The molecule has 0 bridgehead atoms. The van der Waals surface area contributed by atoms with Gasteiger partial charge in [-0.1, -0.05) is 72.8 Å². The van der Waals surface area contributed by atoms with E-state index >= 15 is 0 Å². The minimum Gasteiger partial charge on any atom is -0.497 e. The van der Waals surface area contributed by atoms with Crippen molar-refractivity contribution in [2.45, 2.75) is 32.5 Å². The Morgan fingerprint density at radius 1 is 0.878 bits per heavy atom. The van der Waals surface area contributed by atoms with Crippen LogP contribution in [0.15, 0.2) is 84.9 Å². The fourth-order valence-corrected chi connectivity index (χ4v) is 5.03. The Morgan fingerprint density at radius 3 is 2.07 bits per heavy atom. The van der Waals surface area contributed by atoms with Gasteiger partial charge in [-0.2, -0.15) is 4.31 Å². The number of amides is 2. The molecule has 9 nitrogen and oxygen atoms in total. The first-order valence-corrected chi connectivity index (χ1v) is 15.4. The smallest absolute Gasteiger partial charge is 0.247 e. The summed E-state index contributed by atoms with van der Waals surface area (Å²) in [6.45, 7) is 3.05. The van der Waals surface area contributed by atoms with E-state index in [1.807, 2.05) is 43.3 Å². The number of nitrogens with zero attached hydrogens (tertiary/aromatic N) is 2. The molecule has 0 heterocycles. The van der Waals surface area contributed by atoms with Crippen LogP contribution in [0, 0.1) is 0 Å². The number of ether oxygens (including phenoxy) is 2. The van der Waals surface area contributed by atoms with Crippen LogP contribution >= 0.6 is 0 Å². The van der Waals surface area contributed by atoms with E-state index in [1.165, 1.54) is 4.90 Å². The first-order valence-electron chi connectivity index (χ1n) is 13.5. The highest BCUT2D eigenvalue weighted by molar-refractivity contribution is 7.88. The summed E-state index contributed by atoms with van der Waals surface area (Å²) in [5, 5.41) is 2.94. The standard InChI is InChI=1S/C31H39N3O6S/c1-4-40-21-11-20-32-31(36)30(27-14-9-6-10-15-27)34(23-26-16-18-28(39-2)19-17-26)29(35)24-33(41(3,37)38)22-25-12-7-5-8-13-25/h5-10,12-19,30H,4,11,20-24H2,1-3H3,(H,32,36). The summed E-state index contributed by atoms with van der Waals surface area (Å²) in [7, 11) is -2.18. The highest BCUT2D eigenvalue weighted by Gasteiger charge is 2.33. The van der Waals surface area contributed by atoms with Crippen LogP contribution < -0.4 is 10.1 Å². The Kier molecular flexibility index (Phi) is 12.3. The van der Waals surface area contributed by atoms with Crippen molar-refractivity contribution in [3.63, 3.8) is 0 Å². The van der Waals surface area contributed by atoms with Gasteiger partial charge in [0.25, 0.3) is 0 Å². The van der Waals surface area contributed by atoms with Crippen molar-refractivity contribution in [1.29, 1.82) is 0 Å². The van der Waals surface area contributed by atoms with Crippen molar-refractivity contribution < 1.29 is 27.5 Å². The molecule has 2 amide bonds. The van der Waals surface area contributed by atoms with Gasteiger partial charge in [0.2, 0.25) is 21.8 Å². The summed E-state index contributed by atoms with van der Waals surface area (Å²) >= 11 is 0. The summed E-state index contributed by atoms with van der Waals surface area (Å²) < 4.78 is 37.3. The lowest BCUT2D eigenvalue weighted by atomic mass is 10.0. The normalized spacial score (nSPS) is 12.1. The molecule has 3 rings (SSSR count). The van der Waals surface area contributed by atoms with Gasteiger partial charge in [0, 0.05) is 32.8 Å². The fraction of sp³-hybridized carbons (Fsp3) is 0.355. The lowest BCUT2D eigenvalue weighted by molar-refractivity contribution is -0.141. The summed E-state index contributed by atoms with van der Waals surface area (Å²) in [6.07, 6.45) is 1.70. The van der Waals surface area contributed by atoms with E-state index in [1.54, 1.807) is 55.6 Å². The molecule has 0 aliphatic carbocycles. The molecular formula is C31H39N3O6S. The molecule has 1 atom stereocenters. The first kappa shape index (κ1) is 31.8. The average Bonchev–Trinajstić information content (AvgIpc) is 2.97. The minimum absolute atomic E-state index is 0.0292. The largest absolute Gasteiger partial charge is 0.497 e. The van der Waals surface area contributed by atoms with E-state index in [-0.39, 0.29) is 19.0 Å². The van der Waals surface area contributed by atoms with Gasteiger partial charge in [0.1, 0.15) is 11.8 Å². The van der Waals surface area contributed by atoms with Crippen LogP contribution in [0.5, 0.6) is 5.75 Å². The van der Waals surface area contributed by atoms with Crippen LogP contribution in [-0.4, -0.2) is 69.1 Å². The molecule has 0 aromatic heterocycles. The Labute approximate surface area is 243 Å². The number of carbonyl (C=O) groups excluding carboxylic acids is 2. The van der Waals surface area contributed by atoms with E-state index in [2.05, 4.69) is 5.32 Å². The number of methoxy groups -OCH3 is 1.